The lowest BCUT2D eigenvalue weighted by molar-refractivity contribution is -0.119. The van der Waals surface area contributed by atoms with E-state index in [4.69, 9.17) is 4.74 Å². The zero-order chi connectivity index (χ0) is 21.7. The summed E-state index contributed by atoms with van der Waals surface area (Å²) in [6.07, 6.45) is 3.07. The number of rotatable bonds is 8. The lowest BCUT2D eigenvalue weighted by Crippen LogP contribution is -2.28. The summed E-state index contributed by atoms with van der Waals surface area (Å²) in [7, 11) is 1.84. The van der Waals surface area contributed by atoms with Crippen LogP contribution < -0.4 is 19.9 Å². The van der Waals surface area contributed by atoms with Gasteiger partial charge in [-0.05, 0) is 31.0 Å². The number of hydrogen-bond acceptors (Lipinski definition) is 6. The van der Waals surface area contributed by atoms with Crippen molar-refractivity contribution in [3.8, 4) is 5.75 Å². The number of halogens is 1. The Morgan fingerprint density at radius 1 is 1.37 bits per heavy atom. The second kappa shape index (κ2) is 9.73. The third kappa shape index (κ3) is 5.17. The Balaban J connectivity index is 1.62. The molecule has 2 atom stereocenters. The van der Waals surface area contributed by atoms with Gasteiger partial charge in [-0.25, -0.2) is 9.97 Å². The fraction of sp³-hybridized carbons (Fsp3) is 0.500. The summed E-state index contributed by atoms with van der Waals surface area (Å²) >= 11 is 0. The first-order valence-electron chi connectivity index (χ1n) is 10.4. The number of carbonyl (C=O) groups excluding carboxylic acids is 1. The molecule has 3 rings (SSSR count). The highest BCUT2D eigenvalue weighted by molar-refractivity contribution is 5.73. The second-order valence-electron chi connectivity index (χ2n) is 7.72. The monoisotopic (exact) mass is 415 g/mol. The van der Waals surface area contributed by atoms with Gasteiger partial charge in [-0.1, -0.05) is 19.1 Å². The molecule has 8 heteroatoms. The molecule has 0 bridgehead atoms. The fourth-order valence-electron chi connectivity index (χ4n) is 3.71. The van der Waals surface area contributed by atoms with Gasteiger partial charge in [-0.2, -0.15) is 4.39 Å². The summed E-state index contributed by atoms with van der Waals surface area (Å²) in [6.45, 7) is 7.46. The van der Waals surface area contributed by atoms with Crippen molar-refractivity contribution in [3.05, 3.63) is 42.0 Å². The van der Waals surface area contributed by atoms with Crippen molar-refractivity contribution >= 4 is 17.5 Å². The number of carbonyl (C=O) groups is 1. The molecule has 30 heavy (non-hydrogen) atoms. The highest BCUT2D eigenvalue weighted by atomic mass is 19.1. The zero-order valence-electron chi connectivity index (χ0n) is 18.1. The smallest absolute Gasteiger partial charge is 0.217 e. The highest BCUT2D eigenvalue weighted by Gasteiger charge is 2.28. The molecule has 1 aromatic carbocycles. The summed E-state index contributed by atoms with van der Waals surface area (Å²) in [5.74, 6) is 0.969. The SMILES string of the molecule is CCCN(C)c1ncnc(N2CC[C@@H](Oc3ccc([C@H](C)NC(C)=O)cc3)C2)c1F. The topological polar surface area (TPSA) is 70.6 Å². The second-order valence-corrected chi connectivity index (χ2v) is 7.72. The number of benzene rings is 1. The van der Waals surface area contributed by atoms with Gasteiger partial charge in [0.1, 0.15) is 18.2 Å². The van der Waals surface area contributed by atoms with E-state index in [1.165, 1.54) is 13.3 Å². The summed E-state index contributed by atoms with van der Waals surface area (Å²) in [6, 6.07) is 7.64. The fourth-order valence-corrected chi connectivity index (χ4v) is 3.71. The van der Waals surface area contributed by atoms with E-state index in [2.05, 4.69) is 15.3 Å². The molecule has 1 amide bonds. The Labute approximate surface area is 177 Å². The van der Waals surface area contributed by atoms with Crippen LogP contribution in [-0.4, -0.2) is 48.7 Å². The summed E-state index contributed by atoms with van der Waals surface area (Å²) in [5, 5.41) is 2.86. The van der Waals surface area contributed by atoms with Crippen molar-refractivity contribution in [3.63, 3.8) is 0 Å². The Morgan fingerprint density at radius 2 is 2.10 bits per heavy atom. The third-order valence-corrected chi connectivity index (χ3v) is 5.22. The van der Waals surface area contributed by atoms with Crippen LogP contribution in [0.4, 0.5) is 16.0 Å². The number of ether oxygens (including phenoxy) is 1. The van der Waals surface area contributed by atoms with Crippen LogP contribution in [0.25, 0.3) is 0 Å². The molecule has 1 aliphatic rings. The van der Waals surface area contributed by atoms with E-state index in [1.807, 2.05) is 55.0 Å². The van der Waals surface area contributed by atoms with E-state index in [1.54, 1.807) is 0 Å². The molecule has 0 radical (unpaired) electrons. The van der Waals surface area contributed by atoms with Crippen LogP contribution >= 0.6 is 0 Å². The molecule has 0 unspecified atom stereocenters. The average molecular weight is 416 g/mol. The van der Waals surface area contributed by atoms with Gasteiger partial charge in [-0.15, -0.1) is 0 Å². The molecule has 7 nitrogen and oxygen atoms in total. The molecule has 0 aliphatic carbocycles. The molecule has 1 saturated heterocycles. The summed E-state index contributed by atoms with van der Waals surface area (Å²) < 4.78 is 21.1. The van der Waals surface area contributed by atoms with Crippen molar-refractivity contribution in [1.29, 1.82) is 0 Å². The Morgan fingerprint density at radius 3 is 2.77 bits per heavy atom. The van der Waals surface area contributed by atoms with E-state index < -0.39 is 0 Å². The molecule has 1 aromatic heterocycles. The lowest BCUT2D eigenvalue weighted by atomic mass is 10.1. The molecule has 1 N–H and O–H groups in total. The van der Waals surface area contributed by atoms with Crippen LogP contribution in [0.1, 0.15) is 45.2 Å². The molecule has 1 aliphatic heterocycles. The normalized spacial score (nSPS) is 17.0. The molecular formula is C22H30FN5O2. The minimum atomic E-state index is -0.384. The largest absolute Gasteiger partial charge is 0.489 e. The van der Waals surface area contributed by atoms with Gasteiger partial charge in [0.15, 0.2) is 11.6 Å². The quantitative estimate of drug-likeness (QED) is 0.713. The van der Waals surface area contributed by atoms with Crippen molar-refractivity contribution in [2.45, 2.75) is 45.8 Å². The minimum Gasteiger partial charge on any atom is -0.489 e. The van der Waals surface area contributed by atoms with Gasteiger partial charge in [-0.3, -0.25) is 4.79 Å². The van der Waals surface area contributed by atoms with Gasteiger partial charge in [0.05, 0.1) is 12.6 Å². The Kier molecular flexibility index (Phi) is 7.07. The lowest BCUT2D eigenvalue weighted by Gasteiger charge is -2.22. The molecule has 0 saturated carbocycles. The third-order valence-electron chi connectivity index (χ3n) is 5.22. The number of hydrogen-bond donors (Lipinski definition) is 1. The van der Waals surface area contributed by atoms with E-state index >= 15 is 0 Å². The molecule has 1 fully saturated rings. The first-order chi connectivity index (χ1) is 14.4. The van der Waals surface area contributed by atoms with E-state index in [0.717, 1.165) is 30.7 Å². The standard InChI is InChI=1S/C22H30FN5O2/c1-5-11-27(4)21-20(23)22(25-14-24-21)28-12-10-19(13-28)30-18-8-6-17(7-9-18)15(2)26-16(3)29/h6-9,14-15,19H,5,10-13H2,1-4H3,(H,26,29)/t15-,19+/m0/s1. The van der Waals surface area contributed by atoms with Gasteiger partial charge < -0.3 is 19.9 Å². The number of nitrogens with one attached hydrogen (secondary N) is 1. The average Bonchev–Trinajstić information content (AvgIpc) is 3.16. The minimum absolute atomic E-state index is 0.0465. The van der Waals surface area contributed by atoms with Gasteiger partial charge >= 0.3 is 0 Å². The number of aromatic nitrogens is 2. The van der Waals surface area contributed by atoms with Crippen LogP contribution in [0.2, 0.25) is 0 Å². The highest BCUT2D eigenvalue weighted by Crippen LogP contribution is 2.28. The van der Waals surface area contributed by atoms with E-state index in [0.29, 0.717) is 24.7 Å². The van der Waals surface area contributed by atoms with Gasteiger partial charge in [0.2, 0.25) is 11.7 Å². The van der Waals surface area contributed by atoms with Gasteiger partial charge in [0.25, 0.3) is 0 Å². The van der Waals surface area contributed by atoms with Crippen molar-refractivity contribution in [2.75, 3.05) is 36.5 Å². The molecule has 2 heterocycles. The van der Waals surface area contributed by atoms with E-state index in [-0.39, 0.29) is 23.9 Å². The van der Waals surface area contributed by atoms with E-state index in [9.17, 15) is 9.18 Å². The van der Waals surface area contributed by atoms with Crippen LogP contribution in [0.15, 0.2) is 30.6 Å². The molecular weight excluding hydrogens is 385 g/mol. The predicted octanol–water partition coefficient (Wildman–Crippen LogP) is 3.32. The van der Waals surface area contributed by atoms with Crippen molar-refractivity contribution in [1.82, 2.24) is 15.3 Å². The predicted molar refractivity (Wildman–Crippen MR) is 115 cm³/mol. The van der Waals surface area contributed by atoms with Crippen LogP contribution in [0, 0.1) is 5.82 Å². The Hall–Kier alpha value is -2.90. The molecule has 0 spiro atoms. The maximum absolute atomic E-state index is 15.0. The molecule has 2 aromatic rings. The van der Waals surface area contributed by atoms with Crippen molar-refractivity contribution in [2.24, 2.45) is 0 Å². The maximum Gasteiger partial charge on any atom is 0.217 e. The van der Waals surface area contributed by atoms with Crippen molar-refractivity contribution < 1.29 is 13.9 Å². The number of nitrogens with zero attached hydrogens (tertiary/aromatic N) is 4. The Bertz CT molecular complexity index is 861. The maximum atomic E-state index is 15.0. The number of amides is 1. The first kappa shape index (κ1) is 21.8. The van der Waals surface area contributed by atoms with Gasteiger partial charge in [0, 0.05) is 33.5 Å². The summed E-state index contributed by atoms with van der Waals surface area (Å²) in [4.78, 5) is 23.2. The van der Waals surface area contributed by atoms with Crippen LogP contribution in [-0.2, 0) is 4.79 Å². The summed E-state index contributed by atoms with van der Waals surface area (Å²) in [5.41, 5.74) is 1.01. The first-order valence-corrected chi connectivity index (χ1v) is 10.4. The number of anilines is 2. The zero-order valence-corrected chi connectivity index (χ0v) is 18.1. The van der Waals surface area contributed by atoms with Crippen LogP contribution in [0.5, 0.6) is 5.75 Å². The molecule has 162 valence electrons. The van der Waals surface area contributed by atoms with Crippen LogP contribution in [0.3, 0.4) is 0 Å².